The molecule has 0 amide bonds. The molecule has 0 radical (unpaired) electrons. The number of likely N-dealkylation sites (tertiary alicyclic amines) is 1. The van der Waals surface area contributed by atoms with Crippen LogP contribution in [-0.2, 0) is 0 Å². The Bertz CT molecular complexity index is 134. The van der Waals surface area contributed by atoms with Crippen LogP contribution in [-0.4, -0.2) is 30.6 Å². The number of nitrogens with two attached hydrogens (primary N) is 1. The third kappa shape index (κ3) is 4.10. The summed E-state index contributed by atoms with van der Waals surface area (Å²) in [6.45, 7) is 8.21. The van der Waals surface area contributed by atoms with Crippen LogP contribution < -0.4 is 5.73 Å². The van der Waals surface area contributed by atoms with Gasteiger partial charge in [0.1, 0.15) is 0 Å². The quantitative estimate of drug-likeness (QED) is 0.706. The molecular weight excluding hydrogens is 160 g/mol. The van der Waals surface area contributed by atoms with Crippen LogP contribution in [0.5, 0.6) is 0 Å². The molecule has 0 saturated carbocycles. The third-order valence-corrected chi connectivity index (χ3v) is 2.97. The molecule has 0 aromatic carbocycles. The first kappa shape index (κ1) is 11.0. The van der Waals surface area contributed by atoms with Crippen LogP contribution >= 0.6 is 0 Å². The molecule has 1 saturated heterocycles. The second-order valence-electron chi connectivity index (χ2n) is 4.51. The minimum absolute atomic E-state index is 0.366. The van der Waals surface area contributed by atoms with E-state index in [0.717, 1.165) is 12.3 Å². The Morgan fingerprint density at radius 3 is 2.92 bits per heavy atom. The summed E-state index contributed by atoms with van der Waals surface area (Å²) < 4.78 is 0. The van der Waals surface area contributed by atoms with E-state index in [9.17, 15) is 0 Å². The smallest absolute Gasteiger partial charge is 0.00226 e. The Morgan fingerprint density at radius 1 is 1.54 bits per heavy atom. The molecule has 1 heterocycles. The Kier molecular flexibility index (Phi) is 4.74. The fourth-order valence-corrected chi connectivity index (χ4v) is 2.15. The van der Waals surface area contributed by atoms with E-state index in [1.165, 1.54) is 38.9 Å². The molecule has 1 aliphatic rings. The largest absolute Gasteiger partial charge is 0.328 e. The zero-order chi connectivity index (χ0) is 9.68. The van der Waals surface area contributed by atoms with E-state index in [-0.39, 0.29) is 0 Å². The fourth-order valence-electron chi connectivity index (χ4n) is 2.15. The van der Waals surface area contributed by atoms with Crippen molar-refractivity contribution >= 4 is 0 Å². The van der Waals surface area contributed by atoms with Gasteiger partial charge in [-0.2, -0.15) is 0 Å². The Balaban J connectivity index is 2.10. The van der Waals surface area contributed by atoms with Crippen molar-refractivity contribution in [2.24, 2.45) is 11.7 Å². The number of hydrogen-bond donors (Lipinski definition) is 1. The maximum atomic E-state index is 5.74. The molecule has 2 atom stereocenters. The molecule has 0 spiro atoms. The van der Waals surface area contributed by atoms with E-state index in [2.05, 4.69) is 18.7 Å². The minimum Gasteiger partial charge on any atom is -0.328 e. The predicted octanol–water partition coefficient (Wildman–Crippen LogP) is 1.85. The molecule has 2 heteroatoms. The first-order chi connectivity index (χ1) is 6.22. The van der Waals surface area contributed by atoms with Crippen molar-refractivity contribution in [1.29, 1.82) is 0 Å². The standard InChI is InChI=1S/C11H24N2/c1-3-4-11-6-8-13(9-11)7-5-10(2)12/h10-11H,3-9,12H2,1-2H3. The van der Waals surface area contributed by atoms with Crippen LogP contribution in [0.25, 0.3) is 0 Å². The van der Waals surface area contributed by atoms with Crippen LogP contribution in [0.2, 0.25) is 0 Å². The van der Waals surface area contributed by atoms with Gasteiger partial charge in [-0.25, -0.2) is 0 Å². The molecule has 1 fully saturated rings. The van der Waals surface area contributed by atoms with Crippen LogP contribution in [0.15, 0.2) is 0 Å². The summed E-state index contributed by atoms with van der Waals surface area (Å²) in [5.41, 5.74) is 5.74. The van der Waals surface area contributed by atoms with Crippen LogP contribution in [0.3, 0.4) is 0 Å². The van der Waals surface area contributed by atoms with Gasteiger partial charge in [-0.3, -0.25) is 0 Å². The van der Waals surface area contributed by atoms with Gasteiger partial charge in [-0.15, -0.1) is 0 Å². The second-order valence-corrected chi connectivity index (χ2v) is 4.51. The van der Waals surface area contributed by atoms with Gasteiger partial charge < -0.3 is 10.6 Å². The van der Waals surface area contributed by atoms with Crippen LogP contribution in [0.4, 0.5) is 0 Å². The van der Waals surface area contributed by atoms with Gasteiger partial charge >= 0.3 is 0 Å². The SMILES string of the molecule is CCCC1CCN(CCC(C)N)C1. The summed E-state index contributed by atoms with van der Waals surface area (Å²) in [5, 5.41) is 0. The summed E-state index contributed by atoms with van der Waals surface area (Å²) in [7, 11) is 0. The monoisotopic (exact) mass is 184 g/mol. The molecular formula is C11H24N2. The molecule has 2 nitrogen and oxygen atoms in total. The predicted molar refractivity (Wildman–Crippen MR) is 57.7 cm³/mol. The Labute approximate surface area is 82.5 Å². The van der Waals surface area contributed by atoms with Crippen LogP contribution in [0.1, 0.15) is 39.5 Å². The lowest BCUT2D eigenvalue weighted by molar-refractivity contribution is 0.308. The van der Waals surface area contributed by atoms with E-state index in [4.69, 9.17) is 5.73 Å². The van der Waals surface area contributed by atoms with Crippen molar-refractivity contribution in [3.8, 4) is 0 Å². The summed E-state index contributed by atoms with van der Waals surface area (Å²) in [6.07, 6.45) is 5.31. The minimum atomic E-state index is 0.366. The lowest BCUT2D eigenvalue weighted by Crippen LogP contribution is -2.27. The van der Waals surface area contributed by atoms with Gasteiger partial charge in [0, 0.05) is 12.6 Å². The number of hydrogen-bond acceptors (Lipinski definition) is 2. The molecule has 0 aromatic heterocycles. The zero-order valence-electron chi connectivity index (χ0n) is 9.13. The first-order valence-electron chi connectivity index (χ1n) is 5.70. The fraction of sp³-hybridized carbons (Fsp3) is 1.00. The number of nitrogens with zero attached hydrogens (tertiary/aromatic N) is 1. The van der Waals surface area contributed by atoms with Crippen molar-refractivity contribution in [2.75, 3.05) is 19.6 Å². The average molecular weight is 184 g/mol. The van der Waals surface area contributed by atoms with E-state index in [0.29, 0.717) is 6.04 Å². The van der Waals surface area contributed by atoms with Crippen molar-refractivity contribution < 1.29 is 0 Å². The maximum Gasteiger partial charge on any atom is 0.00226 e. The summed E-state index contributed by atoms with van der Waals surface area (Å²) >= 11 is 0. The highest BCUT2D eigenvalue weighted by Crippen LogP contribution is 2.20. The lowest BCUT2D eigenvalue weighted by Gasteiger charge is -2.16. The lowest BCUT2D eigenvalue weighted by atomic mass is 10.0. The van der Waals surface area contributed by atoms with Crippen molar-refractivity contribution in [3.05, 3.63) is 0 Å². The molecule has 78 valence electrons. The van der Waals surface area contributed by atoms with E-state index in [1.807, 2.05) is 0 Å². The van der Waals surface area contributed by atoms with E-state index >= 15 is 0 Å². The van der Waals surface area contributed by atoms with Gasteiger partial charge in [-0.1, -0.05) is 13.3 Å². The Morgan fingerprint density at radius 2 is 2.31 bits per heavy atom. The van der Waals surface area contributed by atoms with Gasteiger partial charge in [-0.05, 0) is 45.2 Å². The Hall–Kier alpha value is -0.0800. The second kappa shape index (κ2) is 5.61. The average Bonchev–Trinajstić information content (AvgIpc) is 2.50. The highest BCUT2D eigenvalue weighted by molar-refractivity contribution is 4.75. The van der Waals surface area contributed by atoms with Gasteiger partial charge in [0.05, 0.1) is 0 Å². The number of rotatable bonds is 5. The molecule has 2 N–H and O–H groups in total. The van der Waals surface area contributed by atoms with Gasteiger partial charge in [0.2, 0.25) is 0 Å². The van der Waals surface area contributed by atoms with Gasteiger partial charge in [0.15, 0.2) is 0 Å². The molecule has 1 aliphatic heterocycles. The van der Waals surface area contributed by atoms with E-state index in [1.54, 1.807) is 0 Å². The normalized spacial score (nSPS) is 26.5. The van der Waals surface area contributed by atoms with Crippen molar-refractivity contribution in [3.63, 3.8) is 0 Å². The molecule has 1 rings (SSSR count). The summed E-state index contributed by atoms with van der Waals surface area (Å²) in [6, 6.07) is 0.366. The van der Waals surface area contributed by atoms with E-state index < -0.39 is 0 Å². The van der Waals surface area contributed by atoms with Gasteiger partial charge in [0.25, 0.3) is 0 Å². The molecule has 0 aromatic rings. The highest BCUT2D eigenvalue weighted by Gasteiger charge is 2.20. The molecule has 13 heavy (non-hydrogen) atoms. The van der Waals surface area contributed by atoms with Crippen molar-refractivity contribution in [2.45, 2.75) is 45.6 Å². The molecule has 2 unspecified atom stereocenters. The van der Waals surface area contributed by atoms with Crippen LogP contribution in [0, 0.1) is 5.92 Å². The first-order valence-corrected chi connectivity index (χ1v) is 5.70. The third-order valence-electron chi connectivity index (χ3n) is 2.97. The van der Waals surface area contributed by atoms with Crippen molar-refractivity contribution in [1.82, 2.24) is 4.90 Å². The summed E-state index contributed by atoms with van der Waals surface area (Å²) in [5.74, 6) is 0.970. The zero-order valence-corrected chi connectivity index (χ0v) is 9.13. The molecule has 0 bridgehead atoms. The highest BCUT2D eigenvalue weighted by atomic mass is 15.1. The maximum absolute atomic E-state index is 5.74. The topological polar surface area (TPSA) is 29.3 Å². The molecule has 0 aliphatic carbocycles. The summed E-state index contributed by atoms with van der Waals surface area (Å²) in [4.78, 5) is 2.57.